The molecule has 0 unspecified atom stereocenters. The van der Waals surface area contributed by atoms with E-state index in [2.05, 4.69) is 15.5 Å². The van der Waals surface area contributed by atoms with Crippen molar-refractivity contribution in [2.24, 2.45) is 0 Å². The van der Waals surface area contributed by atoms with Crippen molar-refractivity contribution in [3.63, 3.8) is 0 Å². The molecule has 128 valence electrons. The Morgan fingerprint density at radius 2 is 1.96 bits per heavy atom. The fourth-order valence-corrected chi connectivity index (χ4v) is 2.50. The fourth-order valence-electron chi connectivity index (χ4n) is 2.23. The Kier molecular flexibility index (Phi) is 4.87. The minimum Gasteiger partial charge on any atom is -0.309 e. The Balaban J connectivity index is 1.83. The topological polar surface area (TPSA) is 81.8 Å². The maximum atomic E-state index is 12.3. The van der Waals surface area contributed by atoms with Gasteiger partial charge in [0.25, 0.3) is 5.56 Å². The molecule has 0 radical (unpaired) electrons. The van der Waals surface area contributed by atoms with Crippen molar-refractivity contribution < 1.29 is 4.79 Å². The van der Waals surface area contributed by atoms with Gasteiger partial charge in [-0.25, -0.2) is 9.36 Å². The van der Waals surface area contributed by atoms with E-state index in [0.717, 1.165) is 16.1 Å². The van der Waals surface area contributed by atoms with E-state index in [1.54, 1.807) is 10.7 Å². The molecule has 1 aromatic carbocycles. The molecule has 0 fully saturated rings. The van der Waals surface area contributed by atoms with Crippen LogP contribution < -0.4 is 10.9 Å². The zero-order valence-corrected chi connectivity index (χ0v) is 14.6. The standard InChI is InChI=1S/C16H13Cl2N5O2/c1-10-7-13(23(21-10)11-5-3-2-4-6-11)20-14(24)9-22-16(25)15(18)12(17)8-19-22/h2-8H,9H2,1H3,(H,20,24). The summed E-state index contributed by atoms with van der Waals surface area (Å²) in [5.41, 5.74) is 0.914. The second-order valence-corrected chi connectivity index (χ2v) is 6.02. The Morgan fingerprint density at radius 1 is 1.24 bits per heavy atom. The van der Waals surface area contributed by atoms with E-state index < -0.39 is 11.5 Å². The van der Waals surface area contributed by atoms with Crippen LogP contribution in [-0.4, -0.2) is 25.5 Å². The third kappa shape index (κ3) is 3.72. The van der Waals surface area contributed by atoms with E-state index >= 15 is 0 Å². The van der Waals surface area contributed by atoms with Gasteiger partial charge in [0.05, 0.1) is 22.6 Å². The van der Waals surface area contributed by atoms with E-state index in [1.807, 2.05) is 37.3 Å². The number of hydrogen-bond donors (Lipinski definition) is 1. The van der Waals surface area contributed by atoms with E-state index in [0.29, 0.717) is 5.82 Å². The second-order valence-electron chi connectivity index (χ2n) is 5.24. The molecule has 25 heavy (non-hydrogen) atoms. The maximum absolute atomic E-state index is 12.3. The van der Waals surface area contributed by atoms with Crippen molar-refractivity contribution in [1.82, 2.24) is 19.6 Å². The molecule has 3 rings (SSSR count). The molecule has 0 spiro atoms. The van der Waals surface area contributed by atoms with Crippen LogP contribution in [0.1, 0.15) is 5.69 Å². The van der Waals surface area contributed by atoms with Gasteiger partial charge in [0.2, 0.25) is 5.91 Å². The maximum Gasteiger partial charge on any atom is 0.287 e. The molecule has 0 aliphatic rings. The lowest BCUT2D eigenvalue weighted by Gasteiger charge is -2.09. The number of anilines is 1. The lowest BCUT2D eigenvalue weighted by molar-refractivity contribution is -0.117. The molecule has 9 heteroatoms. The Labute approximate surface area is 152 Å². The molecule has 0 atom stereocenters. The van der Waals surface area contributed by atoms with E-state index in [-0.39, 0.29) is 16.6 Å². The first-order valence-corrected chi connectivity index (χ1v) is 8.04. The number of rotatable bonds is 4. The van der Waals surface area contributed by atoms with Crippen LogP contribution in [0.3, 0.4) is 0 Å². The van der Waals surface area contributed by atoms with E-state index in [9.17, 15) is 9.59 Å². The molecule has 7 nitrogen and oxygen atoms in total. The average Bonchev–Trinajstić information content (AvgIpc) is 2.96. The molecule has 0 saturated heterocycles. The average molecular weight is 378 g/mol. The molecular formula is C16H13Cl2N5O2. The van der Waals surface area contributed by atoms with Crippen LogP contribution >= 0.6 is 23.2 Å². The number of benzene rings is 1. The first-order chi connectivity index (χ1) is 12.0. The summed E-state index contributed by atoms with van der Waals surface area (Å²) in [5.74, 6) is 0.0480. The minimum absolute atomic E-state index is 0.0427. The number of carbonyl (C=O) groups excluding carboxylic acids is 1. The highest BCUT2D eigenvalue weighted by atomic mass is 35.5. The number of aryl methyl sites for hydroxylation is 1. The normalized spacial score (nSPS) is 10.7. The highest BCUT2D eigenvalue weighted by molar-refractivity contribution is 6.41. The zero-order chi connectivity index (χ0) is 18.0. The number of para-hydroxylation sites is 1. The Morgan fingerprint density at radius 3 is 2.68 bits per heavy atom. The first-order valence-electron chi connectivity index (χ1n) is 7.29. The number of nitrogens with zero attached hydrogens (tertiary/aromatic N) is 4. The van der Waals surface area contributed by atoms with Gasteiger partial charge in [-0.2, -0.15) is 10.2 Å². The Hall–Kier alpha value is -2.64. The van der Waals surface area contributed by atoms with Gasteiger partial charge in [-0.05, 0) is 19.1 Å². The third-order valence-electron chi connectivity index (χ3n) is 3.34. The van der Waals surface area contributed by atoms with Gasteiger partial charge < -0.3 is 5.32 Å². The summed E-state index contributed by atoms with van der Waals surface area (Å²) < 4.78 is 2.55. The minimum atomic E-state index is -0.628. The third-order valence-corrected chi connectivity index (χ3v) is 4.08. The number of amides is 1. The van der Waals surface area contributed by atoms with Gasteiger partial charge in [-0.1, -0.05) is 41.4 Å². The largest absolute Gasteiger partial charge is 0.309 e. The predicted octanol–water partition coefficient (Wildman–Crippen LogP) is 2.68. The molecule has 0 aliphatic heterocycles. The van der Waals surface area contributed by atoms with Gasteiger partial charge in [-0.15, -0.1) is 0 Å². The van der Waals surface area contributed by atoms with Crippen LogP contribution in [0, 0.1) is 6.92 Å². The molecule has 3 aromatic rings. The molecule has 0 saturated carbocycles. The number of aromatic nitrogens is 4. The van der Waals surface area contributed by atoms with E-state index in [4.69, 9.17) is 23.2 Å². The Bertz CT molecular complexity index is 982. The van der Waals surface area contributed by atoms with Crippen LogP contribution in [0.25, 0.3) is 5.69 Å². The van der Waals surface area contributed by atoms with Gasteiger partial charge in [0.1, 0.15) is 17.4 Å². The second kappa shape index (κ2) is 7.08. The lowest BCUT2D eigenvalue weighted by Crippen LogP contribution is -2.30. The molecule has 2 aromatic heterocycles. The lowest BCUT2D eigenvalue weighted by atomic mass is 10.3. The highest BCUT2D eigenvalue weighted by Gasteiger charge is 2.14. The van der Waals surface area contributed by atoms with Crippen LogP contribution in [0.5, 0.6) is 0 Å². The van der Waals surface area contributed by atoms with Gasteiger partial charge in [0.15, 0.2) is 0 Å². The van der Waals surface area contributed by atoms with Gasteiger partial charge >= 0.3 is 0 Å². The quantitative estimate of drug-likeness (QED) is 0.757. The van der Waals surface area contributed by atoms with Crippen molar-refractivity contribution >= 4 is 34.9 Å². The van der Waals surface area contributed by atoms with Gasteiger partial charge in [0, 0.05) is 6.07 Å². The fraction of sp³-hybridized carbons (Fsp3) is 0.125. The predicted molar refractivity (Wildman–Crippen MR) is 95.4 cm³/mol. The summed E-state index contributed by atoms with van der Waals surface area (Å²) in [6.45, 7) is 1.52. The summed E-state index contributed by atoms with van der Waals surface area (Å²) in [5, 5.41) is 10.8. The van der Waals surface area contributed by atoms with Crippen molar-refractivity contribution in [2.75, 3.05) is 5.32 Å². The number of hydrogen-bond acceptors (Lipinski definition) is 4. The first kappa shape index (κ1) is 17.2. The summed E-state index contributed by atoms with van der Waals surface area (Å²) in [7, 11) is 0. The van der Waals surface area contributed by atoms with Crippen molar-refractivity contribution in [2.45, 2.75) is 13.5 Å². The number of halogens is 2. The molecule has 1 amide bonds. The van der Waals surface area contributed by atoms with Crippen LogP contribution in [-0.2, 0) is 11.3 Å². The van der Waals surface area contributed by atoms with E-state index in [1.165, 1.54) is 6.20 Å². The van der Waals surface area contributed by atoms with Crippen LogP contribution in [0.15, 0.2) is 47.4 Å². The van der Waals surface area contributed by atoms with Gasteiger partial charge in [-0.3, -0.25) is 9.59 Å². The monoisotopic (exact) mass is 377 g/mol. The zero-order valence-electron chi connectivity index (χ0n) is 13.1. The van der Waals surface area contributed by atoms with Crippen LogP contribution in [0.2, 0.25) is 10.0 Å². The summed E-state index contributed by atoms with van der Waals surface area (Å²) in [4.78, 5) is 24.3. The molecule has 2 heterocycles. The van der Waals surface area contributed by atoms with Crippen molar-refractivity contribution in [3.05, 3.63) is 68.7 Å². The summed E-state index contributed by atoms with van der Waals surface area (Å²) in [6, 6.07) is 11.1. The number of nitrogens with one attached hydrogen (secondary N) is 1. The molecular weight excluding hydrogens is 365 g/mol. The SMILES string of the molecule is Cc1cc(NC(=O)Cn2ncc(Cl)c(Cl)c2=O)n(-c2ccccc2)n1. The summed E-state index contributed by atoms with van der Waals surface area (Å²) in [6.07, 6.45) is 1.22. The van der Waals surface area contributed by atoms with Crippen LogP contribution in [0.4, 0.5) is 5.82 Å². The van der Waals surface area contributed by atoms with Crippen molar-refractivity contribution in [3.8, 4) is 5.69 Å². The number of carbonyl (C=O) groups is 1. The summed E-state index contributed by atoms with van der Waals surface area (Å²) >= 11 is 11.5. The van der Waals surface area contributed by atoms with Crippen molar-refractivity contribution in [1.29, 1.82) is 0 Å². The highest BCUT2D eigenvalue weighted by Crippen LogP contribution is 2.17. The molecule has 0 bridgehead atoms. The smallest absolute Gasteiger partial charge is 0.287 e. The molecule has 0 aliphatic carbocycles. The molecule has 1 N–H and O–H groups in total.